The van der Waals surface area contributed by atoms with E-state index in [9.17, 15) is 30.3 Å². The number of hydrogen-bond donors (Lipinski definition) is 0. The minimum absolute atomic E-state index is 0.845. The summed E-state index contributed by atoms with van der Waals surface area (Å²) in [5.41, 5.74) is 0. The maximum Gasteiger partial charge on any atom is 0.294 e. The molecular weight excluding hydrogens is 408 g/mol. The molecule has 0 aliphatic heterocycles. The SMILES string of the molecule is O=[N+]([O-])OCC(CO[N+](=O)[O-])O[N+](=O)[O-].O=[N+]([O-])[O-].O=[N+]([O-])[O-].O=[N+]([O-])[O-]. The van der Waals surface area contributed by atoms with Crippen molar-refractivity contribution in [3.63, 3.8) is 0 Å². The second kappa shape index (κ2) is 19.2. The van der Waals surface area contributed by atoms with E-state index in [-0.39, 0.29) is 0 Å². The maximum absolute atomic E-state index is 9.83. The largest absolute Gasteiger partial charge is 0.356 e. The number of hydrogen-bond acceptors (Lipinski definition) is 18. The molecule has 0 radical (unpaired) electrons. The molecule has 0 heterocycles. The van der Waals surface area contributed by atoms with Gasteiger partial charge < -0.3 is 60.5 Å². The highest BCUT2D eigenvalue weighted by atomic mass is 17.0. The second-order valence-corrected chi connectivity index (χ2v) is 2.66. The normalized spacial score (nSPS) is 7.89. The van der Waals surface area contributed by atoms with Crippen LogP contribution in [0.25, 0.3) is 0 Å². The first-order valence-electron chi connectivity index (χ1n) is 4.92. The van der Waals surface area contributed by atoms with E-state index in [1.165, 1.54) is 0 Å². The van der Waals surface area contributed by atoms with Gasteiger partial charge in [0.15, 0.2) is 6.10 Å². The van der Waals surface area contributed by atoms with Crippen LogP contribution in [-0.2, 0) is 14.5 Å². The number of rotatable bonds is 8. The predicted octanol–water partition coefficient (Wildman–Crippen LogP) is -1.74. The molecular formula is C3H5N6O18-3. The molecule has 24 nitrogen and oxygen atoms in total. The zero-order valence-electron chi connectivity index (χ0n) is 12.0. The Morgan fingerprint density at radius 1 is 0.519 bits per heavy atom. The first kappa shape index (κ1) is 30.1. The van der Waals surface area contributed by atoms with Crippen molar-refractivity contribution in [2.75, 3.05) is 13.2 Å². The van der Waals surface area contributed by atoms with Crippen LogP contribution in [0, 0.1) is 76.3 Å². The average Bonchev–Trinajstić information content (AvgIpc) is 2.39. The first-order valence-corrected chi connectivity index (χ1v) is 4.92. The Balaban J connectivity index is -0.000000179. The minimum atomic E-state index is -1.75. The molecule has 27 heavy (non-hydrogen) atoms. The Morgan fingerprint density at radius 3 is 0.889 bits per heavy atom. The Hall–Kier alpha value is -4.80. The molecule has 0 aliphatic rings. The van der Waals surface area contributed by atoms with E-state index in [0.29, 0.717) is 0 Å². The lowest BCUT2D eigenvalue weighted by atomic mass is 10.4. The van der Waals surface area contributed by atoms with Crippen LogP contribution in [0.2, 0.25) is 0 Å². The standard InChI is InChI=1S/C3H5N3O9.3NO3/c7-4(8)13-1-3(15-6(11)12)2-14-5(9)10;3*2-1(3)4/h3H,1-2H2;;;/q;3*-1. The van der Waals surface area contributed by atoms with E-state index < -0.39 is 49.8 Å². The smallest absolute Gasteiger partial charge is 0.294 e. The van der Waals surface area contributed by atoms with Crippen LogP contribution < -0.4 is 0 Å². The third kappa shape index (κ3) is 92.3. The lowest BCUT2D eigenvalue weighted by Gasteiger charge is -2.11. The summed E-state index contributed by atoms with van der Waals surface area (Å²) < 4.78 is 0. The molecule has 0 amide bonds. The minimum Gasteiger partial charge on any atom is -0.356 e. The van der Waals surface area contributed by atoms with Crippen LogP contribution in [0.5, 0.6) is 0 Å². The molecule has 0 aliphatic carbocycles. The third-order valence-electron chi connectivity index (χ3n) is 0.967. The summed E-state index contributed by atoms with van der Waals surface area (Å²) in [6.45, 7) is -1.69. The van der Waals surface area contributed by atoms with Crippen molar-refractivity contribution in [2.45, 2.75) is 6.10 Å². The molecule has 0 aromatic rings. The van der Waals surface area contributed by atoms with Gasteiger partial charge in [-0.2, -0.15) is 0 Å². The van der Waals surface area contributed by atoms with E-state index in [4.69, 9.17) is 46.0 Å². The topological polar surface area (TPSA) is 356 Å². The predicted molar refractivity (Wildman–Crippen MR) is 68.8 cm³/mol. The van der Waals surface area contributed by atoms with E-state index >= 15 is 0 Å². The fourth-order valence-corrected chi connectivity index (χ4v) is 0.519. The summed E-state index contributed by atoms with van der Waals surface area (Å²) >= 11 is 0. The van der Waals surface area contributed by atoms with E-state index in [1.807, 2.05) is 0 Å². The van der Waals surface area contributed by atoms with Crippen molar-refractivity contribution in [3.05, 3.63) is 76.3 Å². The van der Waals surface area contributed by atoms with Crippen LogP contribution in [0.15, 0.2) is 0 Å². The second-order valence-electron chi connectivity index (χ2n) is 2.66. The van der Waals surface area contributed by atoms with E-state index in [1.54, 1.807) is 0 Å². The molecule has 158 valence electrons. The van der Waals surface area contributed by atoms with Crippen molar-refractivity contribution in [1.82, 2.24) is 0 Å². The molecule has 0 unspecified atom stereocenters. The van der Waals surface area contributed by atoms with Gasteiger partial charge in [0.25, 0.3) is 15.3 Å². The van der Waals surface area contributed by atoms with Crippen molar-refractivity contribution >= 4 is 0 Å². The van der Waals surface area contributed by atoms with Crippen molar-refractivity contribution < 1.29 is 45.0 Å². The Morgan fingerprint density at radius 2 is 0.741 bits per heavy atom. The van der Waals surface area contributed by atoms with Gasteiger partial charge in [-0.05, 0) is 0 Å². The summed E-state index contributed by atoms with van der Waals surface area (Å²) in [6.07, 6.45) is -1.55. The summed E-state index contributed by atoms with van der Waals surface area (Å²) in [7, 11) is 0. The fourth-order valence-electron chi connectivity index (χ4n) is 0.519. The first-order chi connectivity index (χ1) is 12.1. The maximum atomic E-state index is 9.83. The van der Waals surface area contributed by atoms with Crippen LogP contribution in [0.1, 0.15) is 0 Å². The molecule has 0 N–H and O–H groups in total. The molecule has 0 aromatic carbocycles. The van der Waals surface area contributed by atoms with E-state index in [0.717, 1.165) is 0 Å². The molecule has 0 bridgehead atoms. The average molecular weight is 413 g/mol. The highest BCUT2D eigenvalue weighted by Crippen LogP contribution is 1.96. The molecule has 0 fully saturated rings. The fraction of sp³-hybridized carbons (Fsp3) is 1.00. The van der Waals surface area contributed by atoms with Gasteiger partial charge in [-0.1, -0.05) is 0 Å². The van der Waals surface area contributed by atoms with Gasteiger partial charge in [-0.3, -0.25) is 0 Å². The Kier molecular flexibility index (Phi) is 21.5. The van der Waals surface area contributed by atoms with Crippen LogP contribution in [0.4, 0.5) is 0 Å². The molecule has 0 aromatic heterocycles. The summed E-state index contributed by atoms with van der Waals surface area (Å²) in [5, 5.41) is 69.8. The molecule has 0 saturated carbocycles. The highest BCUT2D eigenvalue weighted by Gasteiger charge is 2.17. The molecule has 24 heteroatoms. The molecule has 0 spiro atoms. The quantitative estimate of drug-likeness (QED) is 0.314. The van der Waals surface area contributed by atoms with Gasteiger partial charge in [0.2, 0.25) is 0 Å². The van der Waals surface area contributed by atoms with Gasteiger partial charge in [0, 0.05) is 0 Å². The lowest BCUT2D eigenvalue weighted by molar-refractivity contribution is -0.803. The Labute approximate surface area is 142 Å². The van der Waals surface area contributed by atoms with Crippen molar-refractivity contribution in [1.29, 1.82) is 0 Å². The monoisotopic (exact) mass is 413 g/mol. The zero-order valence-corrected chi connectivity index (χ0v) is 12.0. The molecule has 0 atom stereocenters. The van der Waals surface area contributed by atoms with Gasteiger partial charge in [-0.25, -0.2) is 0 Å². The van der Waals surface area contributed by atoms with Crippen LogP contribution in [-0.4, -0.2) is 49.8 Å². The van der Waals surface area contributed by atoms with Gasteiger partial charge in [0.05, 0.1) is 15.3 Å². The molecule has 0 saturated heterocycles. The summed E-state index contributed by atoms with van der Waals surface area (Å²) in [6, 6.07) is 0. The third-order valence-corrected chi connectivity index (χ3v) is 0.967. The van der Waals surface area contributed by atoms with Gasteiger partial charge in [-0.15, -0.1) is 30.3 Å². The van der Waals surface area contributed by atoms with Gasteiger partial charge in [0.1, 0.15) is 13.2 Å². The summed E-state index contributed by atoms with van der Waals surface area (Å²) in [4.78, 5) is 65.3. The van der Waals surface area contributed by atoms with Crippen LogP contribution in [0.3, 0.4) is 0 Å². The van der Waals surface area contributed by atoms with Gasteiger partial charge >= 0.3 is 0 Å². The summed E-state index contributed by atoms with van der Waals surface area (Å²) in [5.74, 6) is 0. The Bertz CT molecular complexity index is 431. The highest BCUT2D eigenvalue weighted by molar-refractivity contribution is 4.49. The number of nitrogens with zero attached hydrogens (tertiary/aromatic N) is 6. The van der Waals surface area contributed by atoms with Crippen molar-refractivity contribution in [3.8, 4) is 0 Å². The van der Waals surface area contributed by atoms with E-state index in [2.05, 4.69) is 14.5 Å². The molecule has 0 rings (SSSR count). The van der Waals surface area contributed by atoms with Crippen LogP contribution >= 0.6 is 0 Å². The lowest BCUT2D eigenvalue weighted by Crippen LogP contribution is -2.30. The zero-order chi connectivity index (χ0) is 22.6. The van der Waals surface area contributed by atoms with Crippen molar-refractivity contribution in [2.24, 2.45) is 0 Å².